The summed E-state index contributed by atoms with van der Waals surface area (Å²) in [6, 6.07) is 34.6. The largest absolute Gasteiger partial charge is 1.00 e. The third-order valence-corrected chi connectivity index (χ3v) is 13.4. The molecule has 0 atom stereocenters. The molecule has 6 aromatic carbocycles. The van der Waals surface area contributed by atoms with E-state index in [1.165, 1.54) is 104 Å². The van der Waals surface area contributed by atoms with Gasteiger partial charge in [0.1, 0.15) is 38.9 Å². The van der Waals surface area contributed by atoms with Crippen molar-refractivity contribution in [1.82, 2.24) is 0 Å². The first-order valence-electron chi connectivity index (χ1n) is 16.2. The number of rotatable bonds is 12. The summed E-state index contributed by atoms with van der Waals surface area (Å²) in [5, 5.41) is 0.430. The predicted octanol–water partition coefficient (Wildman–Crippen LogP) is 5.83. The molecule has 0 aliphatic heterocycles. The smallest absolute Gasteiger partial charge is 0.744 e. The van der Waals surface area contributed by atoms with Gasteiger partial charge in [0.05, 0.1) is 31.6 Å². The van der Waals surface area contributed by atoms with Crippen molar-refractivity contribution in [2.45, 2.75) is 43.7 Å². The van der Waals surface area contributed by atoms with E-state index in [4.69, 9.17) is 25.8 Å². The van der Waals surface area contributed by atoms with E-state index in [1.54, 1.807) is 42.5 Å². The van der Waals surface area contributed by atoms with Gasteiger partial charge >= 0.3 is 29.6 Å². The normalized spacial score (nSPS) is 12.0. The van der Waals surface area contributed by atoms with Crippen LogP contribution in [0.15, 0.2) is 164 Å². The Hall–Kier alpha value is -4.18. The Morgan fingerprint density at radius 2 is 0.873 bits per heavy atom. The molecule has 10 nitrogen and oxygen atoms in total. The molecule has 0 heterocycles. The van der Waals surface area contributed by atoms with Crippen molar-refractivity contribution in [3.05, 3.63) is 156 Å². The maximum Gasteiger partial charge on any atom is 1.00 e. The molecular weight excluding hydrogens is 795 g/mol. The van der Waals surface area contributed by atoms with E-state index in [1.807, 2.05) is 13.8 Å². The summed E-state index contributed by atoms with van der Waals surface area (Å²) < 4.78 is 106. The van der Waals surface area contributed by atoms with Gasteiger partial charge in [0.15, 0.2) is 0 Å². The number of methoxy groups -OCH3 is 1. The van der Waals surface area contributed by atoms with Crippen molar-refractivity contribution in [3.8, 4) is 28.7 Å². The summed E-state index contributed by atoms with van der Waals surface area (Å²) in [5.41, 5.74) is 0.498. The molecule has 55 heavy (non-hydrogen) atoms. The zero-order valence-corrected chi connectivity index (χ0v) is 35.2. The minimum Gasteiger partial charge on any atom is -0.744 e. The number of sulfone groups is 2. The quantitative estimate of drug-likeness (QED) is 0.109. The van der Waals surface area contributed by atoms with Crippen LogP contribution < -0.4 is 43.8 Å². The Morgan fingerprint density at radius 3 is 1.29 bits per heavy atom. The zero-order chi connectivity index (χ0) is 38.9. The summed E-state index contributed by atoms with van der Waals surface area (Å²) in [6.07, 6.45) is 0. The van der Waals surface area contributed by atoms with Crippen LogP contribution in [0.25, 0.3) is 0 Å². The number of hydrogen-bond donors (Lipinski definition) is 0. The van der Waals surface area contributed by atoms with Gasteiger partial charge in [-0.1, -0.05) is 43.6 Å². The van der Waals surface area contributed by atoms with Gasteiger partial charge in [-0.15, -0.1) is 0 Å². The molecule has 15 heteroatoms. The molecule has 0 saturated carbocycles. The maximum absolute atomic E-state index is 13.1. The van der Waals surface area contributed by atoms with Crippen LogP contribution in [0.3, 0.4) is 0 Å². The minimum atomic E-state index is -5.01. The Balaban J connectivity index is 0.00000580. The van der Waals surface area contributed by atoms with Gasteiger partial charge in [-0.05, 0) is 132 Å². The average molecular weight is 827 g/mol. The second kappa shape index (κ2) is 16.5. The summed E-state index contributed by atoms with van der Waals surface area (Å²) >= 11 is 5.89. The van der Waals surface area contributed by atoms with Crippen LogP contribution >= 0.6 is 11.6 Å². The van der Waals surface area contributed by atoms with E-state index < -0.39 is 40.1 Å². The van der Waals surface area contributed by atoms with Crippen molar-refractivity contribution in [2.24, 2.45) is 0 Å². The summed E-state index contributed by atoms with van der Waals surface area (Å²) in [7, 11) is -11.1. The van der Waals surface area contributed by atoms with Gasteiger partial charge in [-0.3, -0.25) is 0 Å². The van der Waals surface area contributed by atoms with Crippen molar-refractivity contribution in [1.29, 1.82) is 0 Å². The van der Waals surface area contributed by atoms with Crippen LogP contribution in [0.5, 0.6) is 28.7 Å². The van der Waals surface area contributed by atoms with Gasteiger partial charge in [-0.2, -0.15) is 0 Å². The topological polar surface area (TPSA) is 153 Å². The molecular formula is C40H32ClNaO10S3. The van der Waals surface area contributed by atoms with Crippen LogP contribution in [0.2, 0.25) is 5.02 Å². The SMILES string of the molecule is COc1ccc(S(=O)(=O)c2ccc(Oc3ccc(C(C)(C)c4ccc(Oc5ccc(S(=O)(=O)c6ccc(Cl)cc6)cc5)cc4)cc3S(=O)(=O)[O-])cc2)cc1.[Na+]. The fraction of sp³-hybridized carbons (Fsp3) is 0.100. The van der Waals surface area contributed by atoms with Gasteiger partial charge in [0.25, 0.3) is 0 Å². The van der Waals surface area contributed by atoms with Gasteiger partial charge in [0, 0.05) is 10.4 Å². The van der Waals surface area contributed by atoms with E-state index in [2.05, 4.69) is 0 Å². The molecule has 0 aliphatic carbocycles. The van der Waals surface area contributed by atoms with Crippen LogP contribution in [-0.2, 0) is 35.2 Å². The standard InChI is InChI=1S/C40H33ClO10S3.Na/c1-40(2,27-4-9-31(10-5-27)50-32-13-21-36(22-14-32)52(42,43)34-17-7-29(41)8-18-34)28-6-25-38(39(26-28)54(46,47)48)51-33-15-23-37(24-16-33)53(44,45)35-19-11-30(49-3)12-20-35;/h4-26H,1-3H3,(H,46,47,48);/q;+1/p-1. The summed E-state index contributed by atoms with van der Waals surface area (Å²) in [6.45, 7) is 3.73. The molecule has 6 aromatic rings. The molecule has 0 unspecified atom stereocenters. The third-order valence-electron chi connectivity index (χ3n) is 8.74. The van der Waals surface area contributed by atoms with Gasteiger partial charge < -0.3 is 18.8 Å². The van der Waals surface area contributed by atoms with Crippen LogP contribution in [-0.4, -0.2) is 36.9 Å². The second-order valence-corrected chi connectivity index (χ2v) is 18.2. The first-order chi connectivity index (χ1) is 25.5. The fourth-order valence-corrected chi connectivity index (χ4v) is 8.84. The van der Waals surface area contributed by atoms with Gasteiger partial charge in [-0.25, -0.2) is 25.3 Å². The van der Waals surface area contributed by atoms with Crippen LogP contribution in [0.4, 0.5) is 0 Å². The molecule has 278 valence electrons. The third kappa shape index (κ3) is 9.28. The van der Waals surface area contributed by atoms with Crippen molar-refractivity contribution < 1.29 is 73.6 Å². The Bertz CT molecular complexity index is 2630. The monoisotopic (exact) mass is 826 g/mol. The zero-order valence-electron chi connectivity index (χ0n) is 30.0. The number of hydrogen-bond acceptors (Lipinski definition) is 10. The van der Waals surface area contributed by atoms with Crippen molar-refractivity contribution in [3.63, 3.8) is 0 Å². The molecule has 6 rings (SSSR count). The second-order valence-electron chi connectivity index (χ2n) is 12.5. The van der Waals surface area contributed by atoms with E-state index in [9.17, 15) is 29.8 Å². The fourth-order valence-electron chi connectivity index (χ4n) is 5.56. The van der Waals surface area contributed by atoms with Crippen LogP contribution in [0.1, 0.15) is 25.0 Å². The molecule has 0 fully saturated rings. The summed E-state index contributed by atoms with van der Waals surface area (Å²) in [5.74, 6) is 1.29. The van der Waals surface area contributed by atoms with Crippen LogP contribution in [0, 0.1) is 0 Å². The molecule has 0 aliphatic rings. The Labute approximate surface area is 347 Å². The number of halogens is 1. The molecule has 0 amide bonds. The Kier molecular flexibility index (Phi) is 12.6. The van der Waals surface area contributed by atoms with E-state index >= 15 is 0 Å². The Morgan fingerprint density at radius 1 is 0.509 bits per heavy atom. The molecule has 0 radical (unpaired) electrons. The minimum absolute atomic E-state index is 0. The number of ether oxygens (including phenoxy) is 3. The molecule has 0 aromatic heterocycles. The molecule has 0 spiro atoms. The maximum atomic E-state index is 13.1. The first-order valence-corrected chi connectivity index (χ1v) is 20.9. The molecule has 0 bridgehead atoms. The van der Waals surface area contributed by atoms with Crippen molar-refractivity contribution >= 4 is 41.4 Å². The first kappa shape index (κ1) is 42.0. The molecule has 0 N–H and O–H groups in total. The predicted molar refractivity (Wildman–Crippen MR) is 201 cm³/mol. The molecule has 0 saturated heterocycles. The van der Waals surface area contributed by atoms with E-state index in [-0.39, 0.29) is 60.6 Å². The summed E-state index contributed by atoms with van der Waals surface area (Å²) in [4.78, 5) is -0.312. The van der Waals surface area contributed by atoms with E-state index in [0.29, 0.717) is 27.8 Å². The van der Waals surface area contributed by atoms with Gasteiger partial charge in [0.2, 0.25) is 19.7 Å². The number of benzene rings is 6. The average Bonchev–Trinajstić information content (AvgIpc) is 3.15. The van der Waals surface area contributed by atoms with Crippen molar-refractivity contribution in [2.75, 3.05) is 7.11 Å². The van der Waals surface area contributed by atoms with E-state index in [0.717, 1.165) is 5.56 Å².